The first kappa shape index (κ1) is 17.1. The summed E-state index contributed by atoms with van der Waals surface area (Å²) < 4.78 is 0. The first-order valence-corrected chi connectivity index (χ1v) is 8.32. The standard InChI is InChI=1S/C17H21N5O3/c1-17(16(24)25)9-11-21(12-17)14(23)8-5-10-22-19-15(18-20-22)13-6-3-2-4-7-13/h2-4,6-7H,5,8-12H2,1H3,(H,24,25)/t17-/m1/s1. The van der Waals surface area contributed by atoms with E-state index < -0.39 is 11.4 Å². The lowest BCUT2D eigenvalue weighted by molar-refractivity contribution is -0.147. The Kier molecular flexibility index (Phi) is 4.78. The smallest absolute Gasteiger partial charge is 0.311 e. The summed E-state index contributed by atoms with van der Waals surface area (Å²) in [5.41, 5.74) is 0.0723. The van der Waals surface area contributed by atoms with Gasteiger partial charge in [0.05, 0.1) is 12.0 Å². The van der Waals surface area contributed by atoms with Crippen LogP contribution in [0.25, 0.3) is 11.4 Å². The number of carbonyl (C=O) groups is 2. The molecule has 132 valence electrons. The van der Waals surface area contributed by atoms with Crippen LogP contribution in [0.3, 0.4) is 0 Å². The van der Waals surface area contributed by atoms with Gasteiger partial charge in [-0.1, -0.05) is 30.3 Å². The van der Waals surface area contributed by atoms with Crippen LogP contribution in [-0.4, -0.2) is 55.2 Å². The van der Waals surface area contributed by atoms with Gasteiger partial charge in [-0.05, 0) is 25.0 Å². The maximum Gasteiger partial charge on any atom is 0.311 e. The molecule has 8 nitrogen and oxygen atoms in total. The number of hydrogen-bond donors (Lipinski definition) is 1. The topological polar surface area (TPSA) is 101 Å². The van der Waals surface area contributed by atoms with Crippen molar-refractivity contribution in [3.05, 3.63) is 30.3 Å². The van der Waals surface area contributed by atoms with Crippen molar-refractivity contribution in [3.63, 3.8) is 0 Å². The van der Waals surface area contributed by atoms with Gasteiger partial charge in [-0.25, -0.2) is 0 Å². The molecule has 1 amide bonds. The second-order valence-electron chi connectivity index (χ2n) is 6.61. The Hall–Kier alpha value is -2.77. The molecular formula is C17H21N5O3. The zero-order valence-electron chi connectivity index (χ0n) is 14.1. The molecule has 1 aliphatic rings. The summed E-state index contributed by atoms with van der Waals surface area (Å²) in [4.78, 5) is 26.6. The van der Waals surface area contributed by atoms with Gasteiger partial charge in [0.2, 0.25) is 11.7 Å². The fraction of sp³-hybridized carbons (Fsp3) is 0.471. The average Bonchev–Trinajstić information content (AvgIpc) is 3.23. The lowest BCUT2D eigenvalue weighted by Crippen LogP contribution is -2.34. The number of carbonyl (C=O) groups excluding carboxylic acids is 1. The van der Waals surface area contributed by atoms with Crippen LogP contribution >= 0.6 is 0 Å². The SMILES string of the molecule is C[C@@]1(C(=O)O)CCN(C(=O)CCCn2nnc(-c3ccccc3)n2)C1. The number of amides is 1. The van der Waals surface area contributed by atoms with E-state index in [1.54, 1.807) is 11.8 Å². The Balaban J connectivity index is 1.48. The fourth-order valence-electron chi connectivity index (χ4n) is 2.92. The normalized spacial score (nSPS) is 20.0. The molecule has 0 bridgehead atoms. The Morgan fingerprint density at radius 1 is 1.28 bits per heavy atom. The van der Waals surface area contributed by atoms with Crippen molar-refractivity contribution in [2.24, 2.45) is 5.41 Å². The lowest BCUT2D eigenvalue weighted by Gasteiger charge is -2.20. The van der Waals surface area contributed by atoms with Crippen molar-refractivity contribution in [3.8, 4) is 11.4 Å². The van der Waals surface area contributed by atoms with E-state index in [4.69, 9.17) is 0 Å². The van der Waals surface area contributed by atoms with Crippen molar-refractivity contribution < 1.29 is 14.7 Å². The number of tetrazole rings is 1. The summed E-state index contributed by atoms with van der Waals surface area (Å²) >= 11 is 0. The van der Waals surface area contributed by atoms with Gasteiger partial charge in [0, 0.05) is 25.1 Å². The minimum absolute atomic E-state index is 0.0200. The maximum atomic E-state index is 12.2. The van der Waals surface area contributed by atoms with Crippen LogP contribution in [0.1, 0.15) is 26.2 Å². The third-order valence-corrected chi connectivity index (χ3v) is 4.58. The summed E-state index contributed by atoms with van der Waals surface area (Å²) in [6.45, 7) is 2.96. The highest BCUT2D eigenvalue weighted by Crippen LogP contribution is 2.30. The van der Waals surface area contributed by atoms with E-state index in [0.717, 1.165) is 5.56 Å². The predicted molar refractivity (Wildman–Crippen MR) is 89.4 cm³/mol. The number of aliphatic carboxylic acids is 1. The number of benzene rings is 1. The molecular weight excluding hydrogens is 322 g/mol. The molecule has 1 aromatic heterocycles. The van der Waals surface area contributed by atoms with Crippen LogP contribution in [0.4, 0.5) is 0 Å². The molecule has 0 aliphatic carbocycles. The second-order valence-corrected chi connectivity index (χ2v) is 6.61. The predicted octanol–water partition coefficient (Wildman–Crippen LogP) is 1.44. The molecule has 1 fully saturated rings. The van der Waals surface area contributed by atoms with Crippen molar-refractivity contribution in [1.29, 1.82) is 0 Å². The number of rotatable bonds is 6. The van der Waals surface area contributed by atoms with Crippen LogP contribution in [0.5, 0.6) is 0 Å². The van der Waals surface area contributed by atoms with Crippen molar-refractivity contribution in [2.75, 3.05) is 13.1 Å². The van der Waals surface area contributed by atoms with Crippen molar-refractivity contribution in [2.45, 2.75) is 32.7 Å². The molecule has 8 heteroatoms. The van der Waals surface area contributed by atoms with E-state index in [1.807, 2.05) is 30.3 Å². The summed E-state index contributed by atoms with van der Waals surface area (Å²) in [6, 6.07) is 9.58. The van der Waals surface area contributed by atoms with Crippen LogP contribution in [0, 0.1) is 5.41 Å². The first-order valence-electron chi connectivity index (χ1n) is 8.32. The zero-order chi connectivity index (χ0) is 17.9. The molecule has 2 heterocycles. The van der Waals surface area contributed by atoms with Gasteiger partial charge >= 0.3 is 5.97 Å². The summed E-state index contributed by atoms with van der Waals surface area (Å²) in [5, 5.41) is 21.6. The number of aryl methyl sites for hydroxylation is 1. The van der Waals surface area contributed by atoms with Crippen LogP contribution in [-0.2, 0) is 16.1 Å². The highest BCUT2D eigenvalue weighted by atomic mass is 16.4. The number of hydrogen-bond acceptors (Lipinski definition) is 5. The monoisotopic (exact) mass is 343 g/mol. The number of nitrogens with zero attached hydrogens (tertiary/aromatic N) is 5. The van der Waals surface area contributed by atoms with Gasteiger partial charge in [0.1, 0.15) is 0 Å². The van der Waals surface area contributed by atoms with Crippen molar-refractivity contribution in [1.82, 2.24) is 25.1 Å². The van der Waals surface area contributed by atoms with Crippen LogP contribution in [0.2, 0.25) is 0 Å². The summed E-state index contributed by atoms with van der Waals surface area (Å²) in [6.07, 6.45) is 1.43. The van der Waals surface area contributed by atoms with Gasteiger partial charge in [0.25, 0.3) is 0 Å². The van der Waals surface area contributed by atoms with Gasteiger partial charge in [0.15, 0.2) is 0 Å². The van der Waals surface area contributed by atoms with E-state index in [-0.39, 0.29) is 12.5 Å². The number of carboxylic acids is 1. The van der Waals surface area contributed by atoms with Gasteiger partial charge in [-0.2, -0.15) is 4.80 Å². The summed E-state index contributed by atoms with van der Waals surface area (Å²) in [7, 11) is 0. The highest BCUT2D eigenvalue weighted by molar-refractivity contribution is 5.80. The minimum atomic E-state index is -0.844. The van der Waals surface area contributed by atoms with Crippen LogP contribution < -0.4 is 0 Å². The summed E-state index contributed by atoms with van der Waals surface area (Å²) in [5.74, 6) is -0.305. The van der Waals surface area contributed by atoms with Crippen molar-refractivity contribution >= 4 is 11.9 Å². The van der Waals surface area contributed by atoms with Gasteiger partial charge in [-0.3, -0.25) is 9.59 Å². The largest absolute Gasteiger partial charge is 0.481 e. The van der Waals surface area contributed by atoms with E-state index in [2.05, 4.69) is 15.4 Å². The molecule has 3 rings (SSSR count). The molecule has 0 saturated carbocycles. The molecule has 1 aliphatic heterocycles. The zero-order valence-corrected chi connectivity index (χ0v) is 14.1. The molecule has 1 atom stereocenters. The maximum absolute atomic E-state index is 12.2. The van der Waals surface area contributed by atoms with Crippen LogP contribution in [0.15, 0.2) is 30.3 Å². The Morgan fingerprint density at radius 2 is 2.04 bits per heavy atom. The van der Waals surface area contributed by atoms with E-state index >= 15 is 0 Å². The lowest BCUT2D eigenvalue weighted by atomic mass is 9.90. The van der Waals surface area contributed by atoms with E-state index in [9.17, 15) is 14.7 Å². The highest BCUT2D eigenvalue weighted by Gasteiger charge is 2.41. The van der Waals surface area contributed by atoms with E-state index in [0.29, 0.717) is 38.2 Å². The number of carboxylic acid groups (broad SMARTS) is 1. The molecule has 2 aromatic rings. The Bertz CT molecular complexity index is 761. The molecule has 1 N–H and O–H groups in total. The molecule has 0 spiro atoms. The van der Waals surface area contributed by atoms with Gasteiger partial charge in [-0.15, -0.1) is 10.2 Å². The second kappa shape index (κ2) is 7.00. The third kappa shape index (κ3) is 3.84. The molecule has 1 aromatic carbocycles. The Labute approximate surface area is 145 Å². The Morgan fingerprint density at radius 3 is 2.72 bits per heavy atom. The average molecular weight is 343 g/mol. The number of likely N-dealkylation sites (tertiary alicyclic amines) is 1. The first-order chi connectivity index (χ1) is 12.0. The van der Waals surface area contributed by atoms with E-state index in [1.165, 1.54) is 4.80 Å². The molecule has 25 heavy (non-hydrogen) atoms. The molecule has 0 radical (unpaired) electrons. The van der Waals surface area contributed by atoms with Gasteiger partial charge < -0.3 is 10.0 Å². The fourth-order valence-corrected chi connectivity index (χ4v) is 2.92. The molecule has 1 saturated heterocycles. The molecule has 0 unspecified atom stereocenters. The third-order valence-electron chi connectivity index (χ3n) is 4.58. The quantitative estimate of drug-likeness (QED) is 0.852. The number of aromatic nitrogens is 4. The minimum Gasteiger partial charge on any atom is -0.481 e.